The van der Waals surface area contributed by atoms with Crippen molar-refractivity contribution in [3.05, 3.63) is 46.4 Å². The molecule has 0 N–H and O–H groups in total. The maximum Gasteiger partial charge on any atom is 0.270 e. The average Bonchev–Trinajstić information content (AvgIpc) is 2.17. The van der Waals surface area contributed by atoms with Gasteiger partial charge < -0.3 is 0 Å². The highest BCUT2D eigenvalue weighted by Gasteiger charge is 2.03. The van der Waals surface area contributed by atoms with E-state index in [-0.39, 0.29) is 0 Å². The highest BCUT2D eigenvalue weighted by Crippen LogP contribution is 2.18. The molecule has 0 aromatic heterocycles. The smallest absolute Gasteiger partial charge is 0.173 e. The molecule has 0 saturated carbocycles. The lowest BCUT2D eigenvalue weighted by Crippen LogP contribution is -1.87. The summed E-state index contributed by atoms with van der Waals surface area (Å²) in [5, 5.41) is 2.84. The minimum atomic E-state index is -1.74. The minimum absolute atomic E-state index is 0.409. The molecule has 1 unspecified atom stereocenters. The summed E-state index contributed by atoms with van der Waals surface area (Å²) in [6.45, 7) is 1.65. The van der Waals surface area contributed by atoms with E-state index in [0.29, 0.717) is 5.56 Å². The number of hydrogen-bond acceptors (Lipinski definition) is 2. The Hall–Kier alpha value is -1.58. The van der Waals surface area contributed by atoms with E-state index in [1.807, 2.05) is 0 Å². The number of nitroso groups, excluding NO2 is 1. The fraction of sp³-hybridized carbons (Fsp3) is 0.200. The molecule has 2 nitrogen and oxygen atoms in total. The topological polar surface area (TPSA) is 29.4 Å². The maximum atomic E-state index is 11.8. The molecule has 0 bridgehead atoms. The van der Waals surface area contributed by atoms with Crippen molar-refractivity contribution >= 4 is 6.08 Å². The number of rotatable bonds is 3. The molecule has 4 heteroatoms. The van der Waals surface area contributed by atoms with Gasteiger partial charge in [-0.3, -0.25) is 0 Å². The molecule has 0 radical (unpaired) electrons. The molecule has 1 aromatic rings. The van der Waals surface area contributed by atoms with Crippen molar-refractivity contribution in [3.8, 4) is 0 Å². The molecule has 0 saturated heterocycles. The van der Waals surface area contributed by atoms with Crippen LogP contribution in [0.4, 0.5) is 8.78 Å². The van der Waals surface area contributed by atoms with Gasteiger partial charge in [0.2, 0.25) is 0 Å². The van der Waals surface area contributed by atoms with Crippen LogP contribution < -0.4 is 0 Å². The van der Waals surface area contributed by atoms with E-state index in [1.54, 1.807) is 19.1 Å². The van der Waals surface area contributed by atoms with Gasteiger partial charge in [-0.2, -0.15) is 13.7 Å². The van der Waals surface area contributed by atoms with Crippen LogP contribution in [0.1, 0.15) is 24.1 Å². The molecule has 0 heterocycles. The number of nitrogens with zero attached hydrogens (tertiary/aromatic N) is 1. The van der Waals surface area contributed by atoms with Crippen molar-refractivity contribution in [3.63, 3.8) is 0 Å². The van der Waals surface area contributed by atoms with E-state index in [0.717, 1.165) is 11.6 Å². The zero-order chi connectivity index (χ0) is 10.6. The summed E-state index contributed by atoms with van der Waals surface area (Å²) in [6.07, 6.45) is -0.970. The first kappa shape index (κ1) is 10.5. The lowest BCUT2D eigenvalue weighted by Gasteiger charge is -2.02. The maximum absolute atomic E-state index is 11.8. The summed E-state index contributed by atoms with van der Waals surface area (Å²) in [4.78, 5) is 10.2. The number of hydrogen-bond donors (Lipinski definition) is 0. The lowest BCUT2D eigenvalue weighted by molar-refractivity contribution is 0.429. The SMILES string of the molecule is CC(N=O)c1ccc(C=C(F)F)cc1. The predicted octanol–water partition coefficient (Wildman–Crippen LogP) is 3.75. The largest absolute Gasteiger partial charge is 0.270 e. The third-order valence-corrected chi connectivity index (χ3v) is 1.85. The van der Waals surface area contributed by atoms with Crippen molar-refractivity contribution < 1.29 is 8.78 Å². The van der Waals surface area contributed by atoms with E-state index in [9.17, 15) is 13.7 Å². The van der Waals surface area contributed by atoms with Crippen LogP contribution in [0.5, 0.6) is 0 Å². The zero-order valence-electron chi connectivity index (χ0n) is 7.58. The Kier molecular flexibility index (Phi) is 3.45. The molecule has 0 amide bonds. The normalized spacial score (nSPS) is 11.9. The summed E-state index contributed by atoms with van der Waals surface area (Å²) < 4.78 is 23.7. The summed E-state index contributed by atoms with van der Waals surface area (Å²) in [5.74, 6) is 0. The second-order valence-corrected chi connectivity index (χ2v) is 2.88. The molecule has 0 aliphatic heterocycles. The Morgan fingerprint density at radius 3 is 2.36 bits per heavy atom. The van der Waals surface area contributed by atoms with Crippen LogP contribution >= 0.6 is 0 Å². The van der Waals surface area contributed by atoms with Crippen molar-refractivity contribution in [1.29, 1.82) is 0 Å². The number of benzene rings is 1. The Morgan fingerprint density at radius 1 is 1.36 bits per heavy atom. The molecule has 0 spiro atoms. The van der Waals surface area contributed by atoms with Crippen LogP contribution in [0.25, 0.3) is 6.08 Å². The van der Waals surface area contributed by atoms with Crippen LogP contribution in [-0.4, -0.2) is 0 Å². The average molecular weight is 197 g/mol. The molecule has 74 valence electrons. The predicted molar refractivity (Wildman–Crippen MR) is 50.8 cm³/mol. The Labute approximate surface area is 80.2 Å². The van der Waals surface area contributed by atoms with Gasteiger partial charge in [-0.25, -0.2) is 0 Å². The van der Waals surface area contributed by atoms with Gasteiger partial charge in [0.1, 0.15) is 6.04 Å². The molecular weight excluding hydrogens is 188 g/mol. The number of halogens is 2. The van der Waals surface area contributed by atoms with Crippen LogP contribution in [0, 0.1) is 4.91 Å². The Bertz CT molecular complexity index is 342. The molecule has 0 aliphatic rings. The van der Waals surface area contributed by atoms with Crippen molar-refractivity contribution in [2.24, 2.45) is 5.18 Å². The first-order chi connectivity index (χ1) is 6.63. The third kappa shape index (κ3) is 2.73. The standard InChI is InChI=1S/C10H9F2NO/c1-7(13-14)9-4-2-8(3-5-9)6-10(11)12/h2-7H,1H3. The third-order valence-electron chi connectivity index (χ3n) is 1.85. The monoisotopic (exact) mass is 197 g/mol. The van der Waals surface area contributed by atoms with Gasteiger partial charge in [0.15, 0.2) is 0 Å². The van der Waals surface area contributed by atoms with Gasteiger partial charge in [0, 0.05) is 6.08 Å². The Morgan fingerprint density at radius 2 is 1.93 bits per heavy atom. The highest BCUT2D eigenvalue weighted by molar-refractivity contribution is 5.50. The van der Waals surface area contributed by atoms with Crippen LogP contribution in [0.2, 0.25) is 0 Å². The summed E-state index contributed by atoms with van der Waals surface area (Å²) in [6, 6.07) is 5.83. The van der Waals surface area contributed by atoms with Crippen LogP contribution in [0.3, 0.4) is 0 Å². The van der Waals surface area contributed by atoms with Crippen molar-refractivity contribution in [2.45, 2.75) is 13.0 Å². The van der Waals surface area contributed by atoms with Crippen molar-refractivity contribution in [1.82, 2.24) is 0 Å². The van der Waals surface area contributed by atoms with Crippen LogP contribution in [-0.2, 0) is 0 Å². The minimum Gasteiger partial charge on any atom is -0.173 e. The first-order valence-corrected chi connectivity index (χ1v) is 4.08. The Balaban J connectivity index is 2.89. The van der Waals surface area contributed by atoms with E-state index in [2.05, 4.69) is 5.18 Å². The zero-order valence-corrected chi connectivity index (χ0v) is 7.58. The highest BCUT2D eigenvalue weighted by atomic mass is 19.3. The second kappa shape index (κ2) is 4.60. The van der Waals surface area contributed by atoms with Gasteiger partial charge in [0.25, 0.3) is 6.08 Å². The molecule has 0 fully saturated rings. The van der Waals surface area contributed by atoms with Crippen molar-refractivity contribution in [2.75, 3.05) is 0 Å². The molecular formula is C10H9F2NO. The first-order valence-electron chi connectivity index (χ1n) is 4.08. The van der Waals surface area contributed by atoms with Gasteiger partial charge in [-0.15, -0.1) is 0 Å². The van der Waals surface area contributed by atoms with E-state index < -0.39 is 12.1 Å². The summed E-state index contributed by atoms with van der Waals surface area (Å²) >= 11 is 0. The van der Waals surface area contributed by atoms with Gasteiger partial charge in [-0.05, 0) is 18.1 Å². The molecule has 1 aromatic carbocycles. The van der Waals surface area contributed by atoms with Gasteiger partial charge in [0.05, 0.1) is 0 Å². The molecule has 0 aliphatic carbocycles. The fourth-order valence-corrected chi connectivity index (χ4v) is 1.06. The van der Waals surface area contributed by atoms with Crippen LogP contribution in [0.15, 0.2) is 35.5 Å². The van der Waals surface area contributed by atoms with E-state index in [1.165, 1.54) is 12.1 Å². The quantitative estimate of drug-likeness (QED) is 0.678. The molecule has 1 atom stereocenters. The molecule has 14 heavy (non-hydrogen) atoms. The van der Waals surface area contributed by atoms with E-state index in [4.69, 9.17) is 0 Å². The fourth-order valence-electron chi connectivity index (χ4n) is 1.06. The molecule has 1 rings (SSSR count). The van der Waals surface area contributed by atoms with E-state index >= 15 is 0 Å². The summed E-state index contributed by atoms with van der Waals surface area (Å²) in [5.41, 5.74) is 1.13. The second-order valence-electron chi connectivity index (χ2n) is 2.88. The lowest BCUT2D eigenvalue weighted by atomic mass is 10.1. The van der Waals surface area contributed by atoms with Gasteiger partial charge in [-0.1, -0.05) is 29.4 Å². The van der Waals surface area contributed by atoms with Gasteiger partial charge >= 0.3 is 0 Å². The summed E-state index contributed by atoms with van der Waals surface area (Å²) in [7, 11) is 0.